The van der Waals surface area contributed by atoms with E-state index in [9.17, 15) is 4.79 Å². The predicted octanol–water partition coefficient (Wildman–Crippen LogP) is 2.31. The van der Waals surface area contributed by atoms with Gasteiger partial charge in [-0.3, -0.25) is 4.90 Å². The molecule has 0 aliphatic carbocycles. The summed E-state index contributed by atoms with van der Waals surface area (Å²) in [5.41, 5.74) is 2.27. The first kappa shape index (κ1) is 14.6. The number of hydrogen-bond donors (Lipinski definition) is 1. The molecule has 1 aromatic carbocycles. The van der Waals surface area contributed by atoms with Gasteiger partial charge in [0.2, 0.25) is 0 Å². The van der Waals surface area contributed by atoms with E-state index in [4.69, 9.17) is 5.11 Å². The van der Waals surface area contributed by atoms with Crippen LogP contribution in [0.4, 0.5) is 5.69 Å². The van der Waals surface area contributed by atoms with E-state index < -0.39 is 5.97 Å². The van der Waals surface area contributed by atoms with Gasteiger partial charge in [-0.1, -0.05) is 12.1 Å². The topological polar surface area (TPSA) is 43.8 Å². The number of hydrogen-bond acceptors (Lipinski definition) is 3. The smallest absolute Gasteiger partial charge is 0.328 e. The van der Waals surface area contributed by atoms with E-state index in [-0.39, 0.29) is 5.54 Å². The molecule has 20 heavy (non-hydrogen) atoms. The van der Waals surface area contributed by atoms with Gasteiger partial charge < -0.3 is 10.0 Å². The van der Waals surface area contributed by atoms with Crippen molar-refractivity contribution in [2.45, 2.75) is 19.4 Å². The molecule has 4 nitrogen and oxygen atoms in total. The van der Waals surface area contributed by atoms with Crippen LogP contribution >= 0.6 is 0 Å². The van der Waals surface area contributed by atoms with Gasteiger partial charge in [-0.15, -0.1) is 0 Å². The van der Waals surface area contributed by atoms with Crippen molar-refractivity contribution in [1.82, 2.24) is 4.90 Å². The number of likely N-dealkylation sites (N-methyl/N-ethyl adjacent to an activating group) is 1. The Morgan fingerprint density at radius 3 is 2.45 bits per heavy atom. The zero-order chi connectivity index (χ0) is 14.8. The molecule has 1 saturated heterocycles. The van der Waals surface area contributed by atoms with E-state index in [1.54, 1.807) is 6.08 Å². The maximum Gasteiger partial charge on any atom is 0.328 e. The van der Waals surface area contributed by atoms with Gasteiger partial charge in [-0.25, -0.2) is 4.79 Å². The van der Waals surface area contributed by atoms with Crippen molar-refractivity contribution in [3.05, 3.63) is 35.9 Å². The molecule has 1 aliphatic heterocycles. The van der Waals surface area contributed by atoms with Crippen molar-refractivity contribution >= 4 is 17.7 Å². The van der Waals surface area contributed by atoms with Crippen LogP contribution in [0.1, 0.15) is 19.4 Å². The molecule has 4 heteroatoms. The van der Waals surface area contributed by atoms with Crippen LogP contribution in [0.2, 0.25) is 0 Å². The number of carbonyl (C=O) groups is 1. The summed E-state index contributed by atoms with van der Waals surface area (Å²) in [5, 5.41) is 8.62. The number of anilines is 1. The SMILES string of the molecule is CN1CCN(c2ccc(C=CC(=O)O)cc2)CC1(C)C. The van der Waals surface area contributed by atoms with Crippen molar-refractivity contribution in [3.8, 4) is 0 Å². The van der Waals surface area contributed by atoms with Crippen LogP contribution in [0.3, 0.4) is 0 Å². The fraction of sp³-hybridized carbons (Fsp3) is 0.438. The lowest BCUT2D eigenvalue weighted by molar-refractivity contribution is -0.131. The number of rotatable bonds is 3. The van der Waals surface area contributed by atoms with E-state index in [1.165, 1.54) is 5.69 Å². The first-order valence-corrected chi connectivity index (χ1v) is 6.86. The number of carboxylic acid groups (broad SMARTS) is 1. The van der Waals surface area contributed by atoms with Crippen LogP contribution in [0.5, 0.6) is 0 Å². The monoisotopic (exact) mass is 274 g/mol. The minimum atomic E-state index is -0.921. The lowest BCUT2D eigenvalue weighted by Gasteiger charge is -2.46. The molecule has 1 fully saturated rings. The third-order valence-corrected chi connectivity index (χ3v) is 3.99. The van der Waals surface area contributed by atoms with Crippen LogP contribution in [0.25, 0.3) is 6.08 Å². The van der Waals surface area contributed by atoms with E-state index in [0.717, 1.165) is 31.3 Å². The van der Waals surface area contributed by atoms with Crippen molar-refractivity contribution in [2.75, 3.05) is 31.6 Å². The summed E-state index contributed by atoms with van der Waals surface area (Å²) in [7, 11) is 2.16. The average Bonchev–Trinajstić information content (AvgIpc) is 2.40. The second-order valence-electron chi connectivity index (χ2n) is 5.92. The Labute approximate surface area is 120 Å². The molecule has 108 valence electrons. The van der Waals surface area contributed by atoms with Crippen molar-refractivity contribution in [1.29, 1.82) is 0 Å². The average molecular weight is 274 g/mol. The number of aliphatic carboxylic acids is 1. The third-order valence-electron chi connectivity index (χ3n) is 3.99. The molecule has 0 amide bonds. The molecule has 0 spiro atoms. The molecule has 0 saturated carbocycles. The molecule has 1 aliphatic rings. The van der Waals surface area contributed by atoms with E-state index in [0.29, 0.717) is 0 Å². The zero-order valence-electron chi connectivity index (χ0n) is 12.3. The lowest BCUT2D eigenvalue weighted by atomic mass is 9.99. The molecule has 1 aromatic rings. The number of piperazine rings is 1. The fourth-order valence-corrected chi connectivity index (χ4v) is 2.42. The standard InChI is InChI=1S/C16H22N2O2/c1-16(2)12-18(11-10-17(16)3)14-7-4-13(5-8-14)6-9-15(19)20/h4-9H,10-12H2,1-3H3,(H,19,20). The summed E-state index contributed by atoms with van der Waals surface area (Å²) in [5.74, 6) is -0.921. The summed E-state index contributed by atoms with van der Waals surface area (Å²) in [6.07, 6.45) is 2.77. The van der Waals surface area contributed by atoms with Crippen molar-refractivity contribution in [2.24, 2.45) is 0 Å². The van der Waals surface area contributed by atoms with Gasteiger partial charge in [0.1, 0.15) is 0 Å². The fourth-order valence-electron chi connectivity index (χ4n) is 2.42. The molecule has 0 unspecified atom stereocenters. The van der Waals surface area contributed by atoms with Gasteiger partial charge in [-0.2, -0.15) is 0 Å². The summed E-state index contributed by atoms with van der Waals surface area (Å²) < 4.78 is 0. The quantitative estimate of drug-likeness (QED) is 0.859. The predicted molar refractivity (Wildman–Crippen MR) is 82.0 cm³/mol. The van der Waals surface area contributed by atoms with Crippen LogP contribution in [-0.4, -0.2) is 48.2 Å². The van der Waals surface area contributed by atoms with Crippen LogP contribution in [0, 0.1) is 0 Å². The number of nitrogens with zero attached hydrogens (tertiary/aromatic N) is 2. The molecular weight excluding hydrogens is 252 g/mol. The minimum absolute atomic E-state index is 0.167. The zero-order valence-corrected chi connectivity index (χ0v) is 12.3. The molecule has 1 heterocycles. The van der Waals surface area contributed by atoms with Gasteiger partial charge in [-0.05, 0) is 44.7 Å². The molecule has 0 radical (unpaired) electrons. The highest BCUT2D eigenvalue weighted by Crippen LogP contribution is 2.24. The Morgan fingerprint density at radius 1 is 1.25 bits per heavy atom. The minimum Gasteiger partial charge on any atom is -0.478 e. The second-order valence-corrected chi connectivity index (χ2v) is 5.92. The highest BCUT2D eigenvalue weighted by Gasteiger charge is 2.30. The molecule has 2 rings (SSSR count). The van der Waals surface area contributed by atoms with Crippen LogP contribution in [-0.2, 0) is 4.79 Å². The molecule has 1 N–H and O–H groups in total. The lowest BCUT2D eigenvalue weighted by Crippen LogP contribution is -2.57. The largest absolute Gasteiger partial charge is 0.478 e. The highest BCUT2D eigenvalue weighted by atomic mass is 16.4. The Hall–Kier alpha value is -1.81. The maximum absolute atomic E-state index is 10.5. The first-order chi connectivity index (χ1) is 9.38. The van der Waals surface area contributed by atoms with Gasteiger partial charge in [0.25, 0.3) is 0 Å². The van der Waals surface area contributed by atoms with Gasteiger partial charge in [0, 0.05) is 36.9 Å². The molecule has 0 aromatic heterocycles. The summed E-state index contributed by atoms with van der Waals surface area (Å²) in [4.78, 5) is 15.3. The van der Waals surface area contributed by atoms with E-state index >= 15 is 0 Å². The Bertz CT molecular complexity index is 506. The van der Waals surface area contributed by atoms with Crippen molar-refractivity contribution in [3.63, 3.8) is 0 Å². The van der Waals surface area contributed by atoms with Crippen LogP contribution in [0.15, 0.2) is 30.3 Å². The first-order valence-electron chi connectivity index (χ1n) is 6.86. The van der Waals surface area contributed by atoms with Crippen molar-refractivity contribution < 1.29 is 9.90 Å². The van der Waals surface area contributed by atoms with Crippen LogP contribution < -0.4 is 4.90 Å². The number of benzene rings is 1. The van der Waals surface area contributed by atoms with E-state index in [1.807, 2.05) is 12.1 Å². The third kappa shape index (κ3) is 3.39. The second kappa shape index (κ2) is 5.67. The molecule has 0 bridgehead atoms. The van der Waals surface area contributed by atoms with Gasteiger partial charge >= 0.3 is 5.97 Å². The van der Waals surface area contributed by atoms with Gasteiger partial charge in [0.05, 0.1) is 0 Å². The Balaban J connectivity index is 2.09. The Morgan fingerprint density at radius 2 is 1.90 bits per heavy atom. The number of carboxylic acids is 1. The molecule has 0 atom stereocenters. The van der Waals surface area contributed by atoms with Gasteiger partial charge in [0.15, 0.2) is 0 Å². The summed E-state index contributed by atoms with van der Waals surface area (Å²) in [6, 6.07) is 8.03. The summed E-state index contributed by atoms with van der Waals surface area (Å²) >= 11 is 0. The van der Waals surface area contributed by atoms with E-state index in [2.05, 4.69) is 42.8 Å². The summed E-state index contributed by atoms with van der Waals surface area (Å²) in [6.45, 7) is 7.57. The highest BCUT2D eigenvalue weighted by molar-refractivity contribution is 5.85. The maximum atomic E-state index is 10.5. The normalized spacial score (nSPS) is 19.4. The molecular formula is C16H22N2O2. The Kier molecular flexibility index (Phi) is 4.14.